The maximum Gasteiger partial charge on any atom is 0.174 e. The normalized spacial score (nSPS) is 11.0. The summed E-state index contributed by atoms with van der Waals surface area (Å²) in [6, 6.07) is 20.7. The highest BCUT2D eigenvalue weighted by molar-refractivity contribution is 6.34. The van der Waals surface area contributed by atoms with E-state index in [0.29, 0.717) is 10.7 Å². The van der Waals surface area contributed by atoms with Crippen LogP contribution < -0.4 is 0 Å². The van der Waals surface area contributed by atoms with Crippen molar-refractivity contribution in [2.75, 3.05) is 0 Å². The Labute approximate surface area is 139 Å². The van der Waals surface area contributed by atoms with Gasteiger partial charge in [0.25, 0.3) is 0 Å². The molecule has 0 unspecified atom stereocenters. The van der Waals surface area contributed by atoms with Crippen LogP contribution in [0.3, 0.4) is 0 Å². The van der Waals surface area contributed by atoms with Crippen molar-refractivity contribution in [3.63, 3.8) is 0 Å². The fraction of sp³-hybridized carbons (Fsp3) is 0.0526. The van der Waals surface area contributed by atoms with Crippen molar-refractivity contribution >= 4 is 17.2 Å². The van der Waals surface area contributed by atoms with Crippen LogP contribution in [0.5, 0.6) is 0 Å². The van der Waals surface area contributed by atoms with Crippen molar-refractivity contribution < 1.29 is 0 Å². The molecule has 23 heavy (non-hydrogen) atoms. The molecule has 4 aromatic rings. The van der Waals surface area contributed by atoms with E-state index in [2.05, 4.69) is 46.5 Å². The molecule has 0 fully saturated rings. The van der Waals surface area contributed by atoms with Gasteiger partial charge in [-0.15, -0.1) is 0 Å². The second-order valence-electron chi connectivity index (χ2n) is 5.41. The van der Waals surface area contributed by atoms with Gasteiger partial charge in [0.2, 0.25) is 0 Å². The van der Waals surface area contributed by atoms with Gasteiger partial charge in [0.1, 0.15) is 5.02 Å². The summed E-state index contributed by atoms with van der Waals surface area (Å²) in [6.45, 7) is 1.89. The molecule has 2 heterocycles. The molecular formula is C19H14ClN3. The highest BCUT2D eigenvalue weighted by atomic mass is 35.5. The number of hydrogen-bond donors (Lipinski definition) is 0. The first-order valence-electron chi connectivity index (χ1n) is 7.40. The molecule has 0 bridgehead atoms. The summed E-state index contributed by atoms with van der Waals surface area (Å²) in [5, 5.41) is 5.10. The van der Waals surface area contributed by atoms with Crippen molar-refractivity contribution in [2.45, 2.75) is 6.92 Å². The molecule has 0 saturated carbocycles. The first-order valence-corrected chi connectivity index (χ1v) is 7.77. The van der Waals surface area contributed by atoms with Crippen LogP contribution in [-0.4, -0.2) is 14.6 Å². The monoisotopic (exact) mass is 319 g/mol. The van der Waals surface area contributed by atoms with Crippen LogP contribution in [0, 0.1) is 6.92 Å². The van der Waals surface area contributed by atoms with E-state index in [1.165, 1.54) is 11.1 Å². The molecule has 0 radical (unpaired) electrons. The quantitative estimate of drug-likeness (QED) is 0.519. The maximum absolute atomic E-state index is 6.26. The molecular weight excluding hydrogens is 306 g/mol. The molecule has 0 atom stereocenters. The lowest BCUT2D eigenvalue weighted by Gasteiger charge is -2.06. The van der Waals surface area contributed by atoms with E-state index in [9.17, 15) is 0 Å². The van der Waals surface area contributed by atoms with Crippen LogP contribution in [-0.2, 0) is 0 Å². The molecule has 0 N–H and O–H groups in total. The first-order chi connectivity index (χ1) is 11.2. The van der Waals surface area contributed by atoms with Crippen LogP contribution in [0.1, 0.15) is 5.69 Å². The lowest BCUT2D eigenvalue weighted by molar-refractivity contribution is 0.925. The number of aromatic nitrogens is 3. The van der Waals surface area contributed by atoms with Crippen LogP contribution >= 0.6 is 11.6 Å². The largest absolute Gasteiger partial charge is 0.236 e. The Bertz CT molecular complexity index is 973. The number of fused-ring (bicyclic) bond motifs is 1. The van der Waals surface area contributed by atoms with Gasteiger partial charge in [-0.25, -0.2) is 9.50 Å². The molecule has 3 nitrogen and oxygen atoms in total. The first kappa shape index (κ1) is 14.0. The molecule has 0 aliphatic carbocycles. The summed E-state index contributed by atoms with van der Waals surface area (Å²) in [5.41, 5.74) is 5.92. The minimum atomic E-state index is 0.604. The molecule has 0 aliphatic rings. The Kier molecular flexibility index (Phi) is 3.36. The van der Waals surface area contributed by atoms with Crippen molar-refractivity contribution in [1.29, 1.82) is 0 Å². The second-order valence-corrected chi connectivity index (χ2v) is 5.79. The fourth-order valence-electron chi connectivity index (χ4n) is 2.71. The van der Waals surface area contributed by atoms with Crippen molar-refractivity contribution in [1.82, 2.24) is 14.6 Å². The molecule has 0 spiro atoms. The van der Waals surface area contributed by atoms with Gasteiger partial charge < -0.3 is 0 Å². The minimum Gasteiger partial charge on any atom is -0.236 e. The smallest absolute Gasteiger partial charge is 0.174 e. The molecule has 0 amide bonds. The Hall–Kier alpha value is -2.65. The third kappa shape index (κ3) is 2.39. The number of halogens is 1. The molecule has 2 aromatic carbocycles. The Morgan fingerprint density at radius 2 is 1.48 bits per heavy atom. The Morgan fingerprint density at radius 1 is 0.826 bits per heavy atom. The van der Waals surface area contributed by atoms with Crippen LogP contribution in [0.15, 0.2) is 66.9 Å². The van der Waals surface area contributed by atoms with E-state index in [1.807, 2.05) is 31.2 Å². The van der Waals surface area contributed by atoms with Gasteiger partial charge in [0.15, 0.2) is 5.65 Å². The van der Waals surface area contributed by atoms with Gasteiger partial charge in [0, 0.05) is 11.8 Å². The summed E-state index contributed by atoms with van der Waals surface area (Å²) in [6.07, 6.45) is 1.77. The van der Waals surface area contributed by atoms with Crippen molar-refractivity contribution in [2.24, 2.45) is 0 Å². The Balaban J connectivity index is 1.81. The zero-order chi connectivity index (χ0) is 15.8. The lowest BCUT2D eigenvalue weighted by Crippen LogP contribution is -1.95. The number of benzene rings is 2. The summed E-state index contributed by atoms with van der Waals surface area (Å²) in [4.78, 5) is 4.32. The van der Waals surface area contributed by atoms with Gasteiger partial charge >= 0.3 is 0 Å². The lowest BCUT2D eigenvalue weighted by atomic mass is 10.0. The third-order valence-corrected chi connectivity index (χ3v) is 4.35. The van der Waals surface area contributed by atoms with Gasteiger partial charge in [-0.05, 0) is 24.1 Å². The van der Waals surface area contributed by atoms with E-state index >= 15 is 0 Å². The average molecular weight is 320 g/mol. The van der Waals surface area contributed by atoms with Gasteiger partial charge in [0.05, 0.1) is 11.4 Å². The second kappa shape index (κ2) is 5.52. The number of nitrogens with zero attached hydrogens (tertiary/aromatic N) is 3. The summed E-state index contributed by atoms with van der Waals surface area (Å²) < 4.78 is 1.80. The van der Waals surface area contributed by atoms with E-state index < -0.39 is 0 Å². The van der Waals surface area contributed by atoms with Crippen LogP contribution in [0.25, 0.3) is 28.0 Å². The summed E-state index contributed by atoms with van der Waals surface area (Å²) in [7, 11) is 0. The molecule has 4 rings (SSSR count). The zero-order valence-electron chi connectivity index (χ0n) is 12.6. The van der Waals surface area contributed by atoms with Crippen LogP contribution in [0.4, 0.5) is 0 Å². The van der Waals surface area contributed by atoms with Gasteiger partial charge in [-0.1, -0.05) is 66.2 Å². The van der Waals surface area contributed by atoms with Gasteiger partial charge in [-0.3, -0.25) is 0 Å². The summed E-state index contributed by atoms with van der Waals surface area (Å²) >= 11 is 6.26. The fourth-order valence-corrected chi connectivity index (χ4v) is 2.87. The predicted octanol–water partition coefficient (Wildman–Crippen LogP) is 5.03. The molecule has 4 heteroatoms. The standard InChI is InChI=1S/C19H14ClN3/c1-13-18(20)19-21-12-11-17(23(19)22-13)16-9-7-15(8-10-16)14-5-3-2-4-6-14/h2-12H,1H3. The maximum atomic E-state index is 6.26. The van der Waals surface area contributed by atoms with E-state index in [-0.39, 0.29) is 0 Å². The van der Waals surface area contributed by atoms with Crippen molar-refractivity contribution in [3.8, 4) is 22.4 Å². The van der Waals surface area contributed by atoms with Gasteiger partial charge in [-0.2, -0.15) is 5.10 Å². The van der Waals surface area contributed by atoms with E-state index in [4.69, 9.17) is 11.6 Å². The topological polar surface area (TPSA) is 30.2 Å². The molecule has 112 valence electrons. The summed E-state index contributed by atoms with van der Waals surface area (Å²) in [5.74, 6) is 0. The van der Waals surface area contributed by atoms with Crippen LogP contribution in [0.2, 0.25) is 5.02 Å². The SMILES string of the molecule is Cc1nn2c(-c3ccc(-c4ccccc4)cc3)ccnc2c1Cl. The number of rotatable bonds is 2. The van der Waals surface area contributed by atoms with E-state index in [1.54, 1.807) is 10.7 Å². The van der Waals surface area contributed by atoms with Crippen molar-refractivity contribution in [3.05, 3.63) is 77.6 Å². The highest BCUT2D eigenvalue weighted by Crippen LogP contribution is 2.27. The molecule has 0 saturated heterocycles. The predicted molar refractivity (Wildman–Crippen MR) is 93.6 cm³/mol. The zero-order valence-corrected chi connectivity index (χ0v) is 13.3. The van der Waals surface area contributed by atoms with E-state index in [0.717, 1.165) is 17.0 Å². The number of aryl methyl sites for hydroxylation is 1. The average Bonchev–Trinajstić information content (AvgIpc) is 2.91. The molecule has 0 aliphatic heterocycles. The molecule has 2 aromatic heterocycles. The third-order valence-electron chi connectivity index (χ3n) is 3.91. The Morgan fingerprint density at radius 3 is 2.22 bits per heavy atom. The highest BCUT2D eigenvalue weighted by Gasteiger charge is 2.12. The number of hydrogen-bond acceptors (Lipinski definition) is 2. The minimum absolute atomic E-state index is 0.604.